The third-order valence-electron chi connectivity index (χ3n) is 5.05. The quantitative estimate of drug-likeness (QED) is 0.429. The lowest BCUT2D eigenvalue weighted by molar-refractivity contribution is -0.118. The molecule has 3 rings (SSSR count). The van der Waals surface area contributed by atoms with E-state index in [1.165, 1.54) is 11.8 Å². The zero-order valence-corrected chi connectivity index (χ0v) is 18.1. The van der Waals surface area contributed by atoms with Crippen LogP contribution in [0.1, 0.15) is 23.2 Å². The minimum Gasteiger partial charge on any atom is -0.493 e. The van der Waals surface area contributed by atoms with Crippen molar-refractivity contribution in [1.82, 2.24) is 14.9 Å². The standard InChI is InChI=1S/C21H27N3O5S/c1-28-17-7-6-14(12-18(17)29-2)8-9-22-19(26)13-30-20-15-4-3-5-16(15)24(10-11-25)21(27)23-20/h6-7,12,25H,3-5,8-11,13H2,1-2H3,(H,22,26). The van der Waals surface area contributed by atoms with E-state index in [1.54, 1.807) is 18.8 Å². The predicted octanol–water partition coefficient (Wildman–Crippen LogP) is 1.19. The lowest BCUT2D eigenvalue weighted by Crippen LogP contribution is -2.29. The summed E-state index contributed by atoms with van der Waals surface area (Å²) in [6.07, 6.45) is 3.27. The van der Waals surface area contributed by atoms with E-state index in [0.717, 1.165) is 36.1 Å². The van der Waals surface area contributed by atoms with Crippen molar-refractivity contribution >= 4 is 17.7 Å². The van der Waals surface area contributed by atoms with Gasteiger partial charge >= 0.3 is 5.69 Å². The highest BCUT2D eigenvalue weighted by Crippen LogP contribution is 2.29. The number of fused-ring (bicyclic) bond motifs is 1. The molecular formula is C21H27N3O5S. The van der Waals surface area contributed by atoms with Crippen LogP contribution in [-0.4, -0.2) is 53.7 Å². The van der Waals surface area contributed by atoms with Crippen LogP contribution < -0.4 is 20.5 Å². The average Bonchev–Trinajstić information content (AvgIpc) is 3.24. The number of methoxy groups -OCH3 is 2. The number of aromatic nitrogens is 2. The molecule has 0 saturated heterocycles. The molecule has 8 nitrogen and oxygen atoms in total. The number of nitrogens with one attached hydrogen (secondary N) is 1. The van der Waals surface area contributed by atoms with Gasteiger partial charge in [0.25, 0.3) is 0 Å². The van der Waals surface area contributed by atoms with Crippen LogP contribution in [0.3, 0.4) is 0 Å². The Kier molecular flexibility index (Phi) is 7.75. The Morgan fingerprint density at radius 1 is 1.27 bits per heavy atom. The zero-order chi connectivity index (χ0) is 21.5. The van der Waals surface area contributed by atoms with Crippen molar-refractivity contribution in [3.05, 3.63) is 45.5 Å². The Morgan fingerprint density at radius 3 is 2.80 bits per heavy atom. The van der Waals surface area contributed by atoms with Crippen LogP contribution in [0.2, 0.25) is 0 Å². The summed E-state index contributed by atoms with van der Waals surface area (Å²) in [5, 5.41) is 12.7. The molecule has 162 valence electrons. The molecular weight excluding hydrogens is 406 g/mol. The van der Waals surface area contributed by atoms with Gasteiger partial charge in [-0.1, -0.05) is 17.8 Å². The molecule has 0 radical (unpaired) electrons. The molecule has 0 saturated carbocycles. The molecule has 1 aliphatic rings. The molecule has 1 heterocycles. The second-order valence-corrected chi connectivity index (χ2v) is 7.90. The van der Waals surface area contributed by atoms with Gasteiger partial charge in [-0.25, -0.2) is 4.79 Å². The van der Waals surface area contributed by atoms with E-state index < -0.39 is 0 Å². The molecule has 1 aromatic heterocycles. The number of thioether (sulfide) groups is 1. The summed E-state index contributed by atoms with van der Waals surface area (Å²) in [4.78, 5) is 28.7. The first kappa shape index (κ1) is 22.2. The van der Waals surface area contributed by atoms with Crippen molar-refractivity contribution < 1.29 is 19.4 Å². The first-order chi connectivity index (χ1) is 14.6. The number of benzene rings is 1. The number of hydrogen-bond acceptors (Lipinski definition) is 7. The molecule has 1 aromatic carbocycles. The summed E-state index contributed by atoms with van der Waals surface area (Å²) in [7, 11) is 3.18. The van der Waals surface area contributed by atoms with E-state index in [2.05, 4.69) is 10.3 Å². The highest BCUT2D eigenvalue weighted by molar-refractivity contribution is 7.99. The third-order valence-corrected chi connectivity index (χ3v) is 6.07. The third kappa shape index (κ3) is 5.14. The van der Waals surface area contributed by atoms with Crippen molar-refractivity contribution in [2.45, 2.75) is 37.3 Å². The molecule has 0 bridgehead atoms. The predicted molar refractivity (Wildman–Crippen MR) is 115 cm³/mol. The molecule has 0 aliphatic heterocycles. The first-order valence-electron chi connectivity index (χ1n) is 9.91. The number of carbonyl (C=O) groups is 1. The lowest BCUT2D eigenvalue weighted by Gasteiger charge is -2.13. The van der Waals surface area contributed by atoms with Gasteiger partial charge in [0, 0.05) is 17.8 Å². The molecule has 0 atom stereocenters. The number of aliphatic hydroxyl groups is 1. The molecule has 0 spiro atoms. The van der Waals surface area contributed by atoms with E-state index in [1.807, 2.05) is 18.2 Å². The molecule has 1 amide bonds. The Hall–Kier alpha value is -2.52. The lowest BCUT2D eigenvalue weighted by atomic mass is 10.1. The van der Waals surface area contributed by atoms with E-state index >= 15 is 0 Å². The molecule has 1 aliphatic carbocycles. The van der Waals surface area contributed by atoms with Gasteiger partial charge < -0.3 is 19.9 Å². The van der Waals surface area contributed by atoms with Crippen LogP contribution in [0, 0.1) is 0 Å². The van der Waals surface area contributed by atoms with E-state index in [-0.39, 0.29) is 30.5 Å². The second kappa shape index (κ2) is 10.5. The Labute approximate surface area is 179 Å². The summed E-state index contributed by atoms with van der Waals surface area (Å²) in [6.45, 7) is 0.664. The summed E-state index contributed by atoms with van der Waals surface area (Å²) in [5.74, 6) is 1.43. The highest BCUT2D eigenvalue weighted by Gasteiger charge is 2.22. The van der Waals surface area contributed by atoms with Crippen molar-refractivity contribution in [2.24, 2.45) is 0 Å². The van der Waals surface area contributed by atoms with E-state index in [0.29, 0.717) is 29.5 Å². The van der Waals surface area contributed by atoms with E-state index in [9.17, 15) is 14.7 Å². The van der Waals surface area contributed by atoms with Gasteiger partial charge in [0.1, 0.15) is 5.03 Å². The largest absolute Gasteiger partial charge is 0.493 e. The number of carbonyl (C=O) groups excluding carboxylic acids is 1. The summed E-state index contributed by atoms with van der Waals surface area (Å²) < 4.78 is 12.1. The monoisotopic (exact) mass is 433 g/mol. The topological polar surface area (TPSA) is 103 Å². The minimum atomic E-state index is -0.360. The number of hydrogen-bond donors (Lipinski definition) is 2. The normalized spacial score (nSPS) is 12.5. The van der Waals surface area contributed by atoms with Crippen molar-refractivity contribution in [3.8, 4) is 11.5 Å². The van der Waals surface area contributed by atoms with Crippen molar-refractivity contribution in [1.29, 1.82) is 0 Å². The van der Waals surface area contributed by atoms with Crippen LogP contribution in [0.4, 0.5) is 0 Å². The number of nitrogens with zero attached hydrogens (tertiary/aromatic N) is 2. The molecule has 2 N–H and O–H groups in total. The minimum absolute atomic E-state index is 0.0943. The van der Waals surface area contributed by atoms with Gasteiger partial charge in [0.15, 0.2) is 11.5 Å². The Balaban J connectivity index is 1.54. The van der Waals surface area contributed by atoms with Crippen molar-refractivity contribution in [2.75, 3.05) is 33.1 Å². The zero-order valence-electron chi connectivity index (χ0n) is 17.3. The molecule has 30 heavy (non-hydrogen) atoms. The van der Waals surface area contributed by atoms with Gasteiger partial charge in [-0.2, -0.15) is 4.98 Å². The maximum Gasteiger partial charge on any atom is 0.348 e. The SMILES string of the molecule is COc1ccc(CCNC(=O)CSc2nc(=O)n(CCO)c3c2CCC3)cc1OC. The highest BCUT2D eigenvalue weighted by atomic mass is 32.2. The summed E-state index contributed by atoms with van der Waals surface area (Å²) in [5.41, 5.74) is 2.65. The molecule has 0 fully saturated rings. The maximum absolute atomic E-state index is 12.3. The smallest absolute Gasteiger partial charge is 0.348 e. The second-order valence-electron chi connectivity index (χ2n) is 6.93. The average molecular weight is 434 g/mol. The number of aliphatic hydroxyl groups excluding tert-OH is 1. The van der Waals surface area contributed by atoms with Gasteiger partial charge in [0.2, 0.25) is 5.91 Å². The maximum atomic E-state index is 12.3. The Bertz CT molecular complexity index is 960. The molecule has 0 unspecified atom stereocenters. The fourth-order valence-electron chi connectivity index (χ4n) is 3.60. The number of rotatable bonds is 10. The van der Waals surface area contributed by atoms with Gasteiger partial charge in [-0.15, -0.1) is 0 Å². The van der Waals surface area contributed by atoms with Crippen LogP contribution >= 0.6 is 11.8 Å². The number of amides is 1. The molecule has 9 heteroatoms. The van der Waals surface area contributed by atoms with Crippen LogP contribution in [0.25, 0.3) is 0 Å². The first-order valence-corrected chi connectivity index (χ1v) is 10.9. The fraction of sp³-hybridized carbons (Fsp3) is 0.476. The molecule has 2 aromatic rings. The van der Waals surface area contributed by atoms with Gasteiger partial charge in [0.05, 0.1) is 33.1 Å². The summed E-state index contributed by atoms with van der Waals surface area (Å²) >= 11 is 1.30. The number of ether oxygens (including phenoxy) is 2. The van der Waals surface area contributed by atoms with E-state index in [4.69, 9.17) is 9.47 Å². The van der Waals surface area contributed by atoms with Crippen LogP contribution in [0.15, 0.2) is 28.0 Å². The van der Waals surface area contributed by atoms with Crippen LogP contribution in [-0.2, 0) is 30.6 Å². The van der Waals surface area contributed by atoms with Gasteiger partial charge in [-0.3, -0.25) is 9.36 Å². The summed E-state index contributed by atoms with van der Waals surface area (Å²) in [6, 6.07) is 5.68. The van der Waals surface area contributed by atoms with Crippen molar-refractivity contribution in [3.63, 3.8) is 0 Å². The Morgan fingerprint density at radius 2 is 2.07 bits per heavy atom. The fourth-order valence-corrected chi connectivity index (χ4v) is 4.51. The van der Waals surface area contributed by atoms with Gasteiger partial charge in [-0.05, 0) is 43.4 Å². The van der Waals surface area contributed by atoms with Crippen LogP contribution in [0.5, 0.6) is 11.5 Å².